The van der Waals surface area contributed by atoms with Crippen molar-refractivity contribution >= 4 is 11.8 Å². The number of hydrogen-bond acceptors (Lipinski definition) is 3. The second-order valence-corrected chi connectivity index (χ2v) is 7.62. The lowest BCUT2D eigenvalue weighted by Crippen LogP contribution is -2.45. The van der Waals surface area contributed by atoms with Gasteiger partial charge in [-0.1, -0.05) is 60.2 Å². The third-order valence-corrected chi connectivity index (χ3v) is 5.47. The van der Waals surface area contributed by atoms with Crippen LogP contribution in [-0.4, -0.2) is 36.3 Å². The molecule has 1 aliphatic rings. The lowest BCUT2D eigenvalue weighted by molar-refractivity contribution is -0.134. The van der Waals surface area contributed by atoms with E-state index < -0.39 is 6.04 Å². The summed E-state index contributed by atoms with van der Waals surface area (Å²) in [4.78, 5) is 26.6. The van der Waals surface area contributed by atoms with Gasteiger partial charge in [0.2, 0.25) is 11.8 Å². The minimum absolute atomic E-state index is 0.00173. The molecule has 1 atom stereocenters. The van der Waals surface area contributed by atoms with Crippen molar-refractivity contribution in [2.24, 2.45) is 11.7 Å². The van der Waals surface area contributed by atoms with E-state index in [-0.39, 0.29) is 18.4 Å². The van der Waals surface area contributed by atoms with Crippen LogP contribution < -0.4 is 11.1 Å². The fourth-order valence-electron chi connectivity index (χ4n) is 3.64. The number of piperidine rings is 1. The molecule has 1 aliphatic heterocycles. The standard InChI is InChI=1S/C23H29N3O2/c1-17-7-9-20(10-8-17)22(24)23(28)25-16-21(27)26-13-11-19(12-14-26)15-18-5-3-2-4-6-18/h2-10,19,22H,11-16,24H2,1H3,(H,25,28). The predicted octanol–water partition coefficient (Wildman–Crippen LogP) is 2.59. The van der Waals surface area contributed by atoms with E-state index in [1.807, 2.05) is 42.2 Å². The maximum Gasteiger partial charge on any atom is 0.241 e. The fourth-order valence-corrected chi connectivity index (χ4v) is 3.64. The molecule has 0 radical (unpaired) electrons. The number of hydrogen-bond donors (Lipinski definition) is 2. The monoisotopic (exact) mass is 379 g/mol. The Morgan fingerprint density at radius 2 is 1.71 bits per heavy atom. The first kappa shape index (κ1) is 20.1. The number of nitrogens with one attached hydrogen (secondary N) is 1. The first-order valence-electron chi connectivity index (χ1n) is 9.94. The lowest BCUT2D eigenvalue weighted by atomic mass is 9.90. The van der Waals surface area contributed by atoms with E-state index in [0.29, 0.717) is 5.92 Å². The van der Waals surface area contributed by atoms with Crippen LogP contribution in [0, 0.1) is 12.8 Å². The van der Waals surface area contributed by atoms with Gasteiger partial charge in [0.1, 0.15) is 6.04 Å². The molecule has 0 aromatic heterocycles. The predicted molar refractivity (Wildman–Crippen MR) is 111 cm³/mol. The first-order valence-corrected chi connectivity index (χ1v) is 9.94. The van der Waals surface area contributed by atoms with E-state index >= 15 is 0 Å². The number of carbonyl (C=O) groups is 2. The molecule has 0 aliphatic carbocycles. The Hall–Kier alpha value is -2.66. The molecule has 5 nitrogen and oxygen atoms in total. The number of nitrogens with two attached hydrogens (primary N) is 1. The Morgan fingerprint density at radius 3 is 2.36 bits per heavy atom. The van der Waals surface area contributed by atoms with Crippen LogP contribution in [0.15, 0.2) is 54.6 Å². The van der Waals surface area contributed by atoms with Gasteiger partial charge in [0.05, 0.1) is 6.54 Å². The van der Waals surface area contributed by atoms with E-state index in [9.17, 15) is 9.59 Å². The van der Waals surface area contributed by atoms with Crippen LogP contribution in [0.5, 0.6) is 0 Å². The van der Waals surface area contributed by atoms with E-state index in [1.54, 1.807) is 0 Å². The number of amides is 2. The number of aryl methyl sites for hydroxylation is 1. The van der Waals surface area contributed by atoms with Gasteiger partial charge >= 0.3 is 0 Å². The zero-order valence-electron chi connectivity index (χ0n) is 16.4. The Balaban J connectivity index is 1.41. The zero-order chi connectivity index (χ0) is 19.9. The SMILES string of the molecule is Cc1ccc(C(N)C(=O)NCC(=O)N2CCC(Cc3ccccc3)CC2)cc1. The summed E-state index contributed by atoms with van der Waals surface area (Å²) in [6.07, 6.45) is 3.06. The second-order valence-electron chi connectivity index (χ2n) is 7.62. The summed E-state index contributed by atoms with van der Waals surface area (Å²) < 4.78 is 0. The number of benzene rings is 2. The molecule has 3 rings (SSSR count). The highest BCUT2D eigenvalue weighted by molar-refractivity contribution is 5.88. The van der Waals surface area contributed by atoms with Gasteiger partial charge in [-0.2, -0.15) is 0 Å². The van der Waals surface area contributed by atoms with E-state index in [4.69, 9.17) is 5.73 Å². The molecule has 148 valence electrons. The summed E-state index contributed by atoms with van der Waals surface area (Å²) in [5.41, 5.74) is 9.22. The summed E-state index contributed by atoms with van der Waals surface area (Å²) in [7, 11) is 0. The average Bonchev–Trinajstić information content (AvgIpc) is 2.73. The molecular weight excluding hydrogens is 350 g/mol. The fraction of sp³-hybridized carbons (Fsp3) is 0.391. The van der Waals surface area contributed by atoms with Gasteiger partial charge in [0.15, 0.2) is 0 Å². The van der Waals surface area contributed by atoms with Gasteiger partial charge < -0.3 is 16.0 Å². The third-order valence-electron chi connectivity index (χ3n) is 5.47. The molecule has 5 heteroatoms. The van der Waals surface area contributed by atoms with Crippen LogP contribution >= 0.6 is 0 Å². The van der Waals surface area contributed by atoms with Gasteiger partial charge in [0, 0.05) is 13.1 Å². The number of likely N-dealkylation sites (tertiary alicyclic amines) is 1. The molecule has 1 fully saturated rings. The van der Waals surface area contributed by atoms with Crippen LogP contribution in [0.1, 0.15) is 35.6 Å². The van der Waals surface area contributed by atoms with Crippen molar-refractivity contribution in [3.05, 3.63) is 71.3 Å². The van der Waals surface area contributed by atoms with Crippen LogP contribution in [0.4, 0.5) is 0 Å². The van der Waals surface area contributed by atoms with Crippen molar-refractivity contribution in [1.29, 1.82) is 0 Å². The molecule has 28 heavy (non-hydrogen) atoms. The molecule has 0 bridgehead atoms. The highest BCUT2D eigenvalue weighted by Gasteiger charge is 2.24. The van der Waals surface area contributed by atoms with E-state index in [1.165, 1.54) is 5.56 Å². The van der Waals surface area contributed by atoms with Crippen LogP contribution in [-0.2, 0) is 16.0 Å². The maximum atomic E-state index is 12.4. The number of nitrogens with zero attached hydrogens (tertiary/aromatic N) is 1. The van der Waals surface area contributed by atoms with E-state index in [2.05, 4.69) is 29.6 Å². The molecule has 3 N–H and O–H groups in total. The summed E-state index contributed by atoms with van der Waals surface area (Å²) >= 11 is 0. The molecule has 1 heterocycles. The summed E-state index contributed by atoms with van der Waals surface area (Å²) in [6, 6.07) is 17.3. The van der Waals surface area contributed by atoms with Crippen molar-refractivity contribution in [2.45, 2.75) is 32.2 Å². The third kappa shape index (κ3) is 5.42. The van der Waals surface area contributed by atoms with Gasteiger partial charge in [0.25, 0.3) is 0 Å². The second kappa shape index (κ2) is 9.51. The van der Waals surface area contributed by atoms with Gasteiger partial charge in [-0.15, -0.1) is 0 Å². The highest BCUT2D eigenvalue weighted by Crippen LogP contribution is 2.21. The van der Waals surface area contributed by atoms with Crippen LogP contribution in [0.2, 0.25) is 0 Å². The number of rotatable bonds is 6. The molecule has 0 saturated carbocycles. The minimum atomic E-state index is -0.759. The van der Waals surface area contributed by atoms with Gasteiger partial charge in [-0.3, -0.25) is 9.59 Å². The lowest BCUT2D eigenvalue weighted by Gasteiger charge is -2.32. The first-order chi connectivity index (χ1) is 13.5. The maximum absolute atomic E-state index is 12.4. The molecule has 0 spiro atoms. The Labute approximate surface area is 166 Å². The van der Waals surface area contributed by atoms with Crippen molar-refractivity contribution in [3.8, 4) is 0 Å². The zero-order valence-corrected chi connectivity index (χ0v) is 16.4. The smallest absolute Gasteiger partial charge is 0.241 e. The summed E-state index contributed by atoms with van der Waals surface area (Å²) in [5.74, 6) is 0.245. The Morgan fingerprint density at radius 1 is 1.07 bits per heavy atom. The van der Waals surface area contributed by atoms with Crippen molar-refractivity contribution in [1.82, 2.24) is 10.2 Å². The molecule has 2 amide bonds. The van der Waals surface area contributed by atoms with Crippen molar-refractivity contribution in [3.63, 3.8) is 0 Å². The molecule has 2 aromatic rings. The van der Waals surface area contributed by atoms with Gasteiger partial charge in [-0.05, 0) is 43.2 Å². The largest absolute Gasteiger partial charge is 0.345 e. The normalized spacial score (nSPS) is 15.9. The Bertz CT molecular complexity index is 781. The minimum Gasteiger partial charge on any atom is -0.345 e. The van der Waals surface area contributed by atoms with Crippen LogP contribution in [0.3, 0.4) is 0 Å². The number of carbonyl (C=O) groups excluding carboxylic acids is 2. The molecular formula is C23H29N3O2. The molecule has 2 aromatic carbocycles. The van der Waals surface area contributed by atoms with Crippen molar-refractivity contribution < 1.29 is 9.59 Å². The van der Waals surface area contributed by atoms with Crippen molar-refractivity contribution in [2.75, 3.05) is 19.6 Å². The van der Waals surface area contributed by atoms with Gasteiger partial charge in [-0.25, -0.2) is 0 Å². The average molecular weight is 380 g/mol. The Kier molecular flexibility index (Phi) is 6.82. The quantitative estimate of drug-likeness (QED) is 0.810. The van der Waals surface area contributed by atoms with E-state index in [0.717, 1.165) is 43.5 Å². The highest BCUT2D eigenvalue weighted by atomic mass is 16.2. The molecule has 1 saturated heterocycles. The van der Waals surface area contributed by atoms with Crippen LogP contribution in [0.25, 0.3) is 0 Å². The molecule has 1 unspecified atom stereocenters. The summed E-state index contributed by atoms with van der Waals surface area (Å²) in [6.45, 7) is 3.48. The topological polar surface area (TPSA) is 75.4 Å². The summed E-state index contributed by atoms with van der Waals surface area (Å²) in [5, 5.41) is 2.69.